The van der Waals surface area contributed by atoms with Gasteiger partial charge in [-0.1, -0.05) is 36.4 Å². The molecule has 2 atom stereocenters. The fourth-order valence-electron chi connectivity index (χ4n) is 3.18. The van der Waals surface area contributed by atoms with Crippen molar-refractivity contribution in [3.05, 3.63) is 59.7 Å². The molecule has 7 nitrogen and oxygen atoms in total. The van der Waals surface area contributed by atoms with Crippen molar-refractivity contribution in [3.8, 4) is 0 Å². The Labute approximate surface area is 165 Å². The molecule has 1 aliphatic rings. The number of aryl methyl sites for hydroxylation is 1. The molecule has 2 N–H and O–H groups in total. The second-order valence-electron chi connectivity index (χ2n) is 6.87. The molecule has 0 spiro atoms. The van der Waals surface area contributed by atoms with E-state index in [0.29, 0.717) is 18.8 Å². The lowest BCUT2D eigenvalue weighted by molar-refractivity contribution is -0.0642. The molecular formula is C20H25N3O4S. The average molecular weight is 404 g/mol. The summed E-state index contributed by atoms with van der Waals surface area (Å²) in [5.41, 5.74) is 2.27. The predicted molar refractivity (Wildman–Crippen MR) is 108 cm³/mol. The minimum atomic E-state index is -3.59. The van der Waals surface area contributed by atoms with Gasteiger partial charge in [-0.25, -0.2) is 17.9 Å². The van der Waals surface area contributed by atoms with E-state index in [2.05, 4.69) is 10.0 Å². The van der Waals surface area contributed by atoms with Crippen LogP contribution in [0, 0.1) is 6.92 Å². The Bertz CT molecular complexity index is 947. The number of anilines is 1. The third-order valence-electron chi connectivity index (χ3n) is 4.75. The first-order chi connectivity index (χ1) is 13.3. The van der Waals surface area contributed by atoms with E-state index in [-0.39, 0.29) is 23.1 Å². The maximum Gasteiger partial charge on any atom is 0.322 e. The maximum absolute atomic E-state index is 12.9. The number of morpholine rings is 1. The van der Waals surface area contributed by atoms with Gasteiger partial charge in [0.05, 0.1) is 17.5 Å². The second-order valence-corrected chi connectivity index (χ2v) is 8.75. The van der Waals surface area contributed by atoms with E-state index in [0.717, 1.165) is 11.1 Å². The largest absolute Gasteiger partial charge is 0.367 e. The van der Waals surface area contributed by atoms with Crippen LogP contribution in [0.15, 0.2) is 53.4 Å². The van der Waals surface area contributed by atoms with Gasteiger partial charge in [0.1, 0.15) is 6.10 Å². The summed E-state index contributed by atoms with van der Waals surface area (Å²) in [6.07, 6.45) is -0.311. The van der Waals surface area contributed by atoms with Crippen LogP contribution in [-0.2, 0) is 14.8 Å². The van der Waals surface area contributed by atoms with Crippen molar-refractivity contribution in [1.82, 2.24) is 9.62 Å². The van der Waals surface area contributed by atoms with E-state index in [1.165, 1.54) is 19.2 Å². The molecule has 1 saturated heterocycles. The second kappa shape index (κ2) is 8.30. The number of ether oxygens (including phenoxy) is 1. The number of hydrogen-bond donors (Lipinski definition) is 2. The first-order valence-electron chi connectivity index (χ1n) is 9.10. The third kappa shape index (κ3) is 4.52. The Kier molecular flexibility index (Phi) is 6.02. The van der Waals surface area contributed by atoms with Gasteiger partial charge in [0, 0.05) is 12.2 Å². The number of amides is 2. The SMILES string of the molecule is CNS(=O)(=O)c1ccc(C)c(NC(=O)N2C[C@@H](C)O[C@@H](c3ccccc3)C2)c1. The van der Waals surface area contributed by atoms with Gasteiger partial charge in [0.25, 0.3) is 0 Å². The minimum Gasteiger partial charge on any atom is -0.367 e. The summed E-state index contributed by atoms with van der Waals surface area (Å²) in [4.78, 5) is 14.7. The Morgan fingerprint density at radius 3 is 2.54 bits per heavy atom. The first-order valence-corrected chi connectivity index (χ1v) is 10.6. The quantitative estimate of drug-likeness (QED) is 0.822. The van der Waals surface area contributed by atoms with Crippen LogP contribution in [0.3, 0.4) is 0 Å². The van der Waals surface area contributed by atoms with Crippen molar-refractivity contribution in [1.29, 1.82) is 0 Å². The molecule has 8 heteroatoms. The van der Waals surface area contributed by atoms with Gasteiger partial charge in [0.15, 0.2) is 0 Å². The normalized spacial score (nSPS) is 20.0. The summed E-state index contributed by atoms with van der Waals surface area (Å²) in [7, 11) is -2.23. The molecule has 0 unspecified atom stereocenters. The number of carbonyl (C=O) groups is 1. The highest BCUT2D eigenvalue weighted by molar-refractivity contribution is 7.89. The number of nitrogens with zero attached hydrogens (tertiary/aromatic N) is 1. The van der Waals surface area contributed by atoms with Gasteiger partial charge in [-0.15, -0.1) is 0 Å². The molecule has 1 aliphatic heterocycles. The number of rotatable bonds is 4. The molecule has 1 fully saturated rings. The highest BCUT2D eigenvalue weighted by Gasteiger charge is 2.29. The summed E-state index contributed by atoms with van der Waals surface area (Å²) >= 11 is 0. The smallest absolute Gasteiger partial charge is 0.322 e. The standard InChI is InChI=1S/C20H25N3O4S/c1-14-9-10-17(28(25,26)21-3)11-18(14)22-20(24)23-12-15(2)27-19(13-23)16-7-5-4-6-8-16/h4-11,15,19,21H,12-13H2,1-3H3,(H,22,24)/t15-,19-/m1/s1. The van der Waals surface area contributed by atoms with Gasteiger partial charge in [-0.05, 0) is 44.2 Å². The summed E-state index contributed by atoms with van der Waals surface area (Å²) in [6.45, 7) is 4.64. The number of hydrogen-bond acceptors (Lipinski definition) is 4. The molecule has 0 aliphatic carbocycles. The molecule has 1 heterocycles. The van der Waals surface area contributed by atoms with E-state index in [4.69, 9.17) is 4.74 Å². The summed E-state index contributed by atoms with van der Waals surface area (Å²) < 4.78 is 32.4. The lowest BCUT2D eigenvalue weighted by Gasteiger charge is -2.37. The van der Waals surface area contributed by atoms with Crippen LogP contribution in [0.4, 0.5) is 10.5 Å². The number of benzene rings is 2. The van der Waals surface area contributed by atoms with E-state index >= 15 is 0 Å². The van der Waals surface area contributed by atoms with E-state index in [1.54, 1.807) is 11.0 Å². The van der Waals surface area contributed by atoms with Gasteiger partial charge >= 0.3 is 6.03 Å². The van der Waals surface area contributed by atoms with Gasteiger partial charge in [-0.2, -0.15) is 0 Å². The summed E-state index contributed by atoms with van der Waals surface area (Å²) in [6, 6.07) is 14.2. The number of sulfonamides is 1. The zero-order valence-electron chi connectivity index (χ0n) is 16.2. The number of carbonyl (C=O) groups excluding carboxylic acids is 1. The Hall–Kier alpha value is -2.42. The Balaban J connectivity index is 1.78. The van der Waals surface area contributed by atoms with Crippen molar-refractivity contribution >= 4 is 21.7 Å². The lowest BCUT2D eigenvalue weighted by Crippen LogP contribution is -2.47. The van der Waals surface area contributed by atoms with Gasteiger partial charge in [-0.3, -0.25) is 0 Å². The van der Waals surface area contributed by atoms with Crippen molar-refractivity contribution in [2.45, 2.75) is 31.0 Å². The average Bonchev–Trinajstić information content (AvgIpc) is 2.69. The third-order valence-corrected chi connectivity index (χ3v) is 6.16. The molecule has 150 valence electrons. The topological polar surface area (TPSA) is 87.7 Å². The van der Waals surface area contributed by atoms with Gasteiger partial charge < -0.3 is 15.0 Å². The number of urea groups is 1. The highest BCUT2D eigenvalue weighted by atomic mass is 32.2. The molecule has 28 heavy (non-hydrogen) atoms. The van der Waals surface area contributed by atoms with Crippen LogP contribution in [0.1, 0.15) is 24.2 Å². The van der Waals surface area contributed by atoms with E-state index in [9.17, 15) is 13.2 Å². The monoisotopic (exact) mass is 403 g/mol. The molecule has 3 rings (SSSR count). The van der Waals surface area contributed by atoms with Crippen LogP contribution < -0.4 is 10.0 Å². The fraction of sp³-hybridized carbons (Fsp3) is 0.350. The molecule has 2 aromatic carbocycles. The summed E-state index contributed by atoms with van der Waals surface area (Å²) in [5.74, 6) is 0. The molecule has 0 aromatic heterocycles. The van der Waals surface area contributed by atoms with Crippen LogP contribution in [-0.4, -0.2) is 45.6 Å². The maximum atomic E-state index is 12.9. The molecule has 2 aromatic rings. The van der Waals surface area contributed by atoms with Crippen LogP contribution >= 0.6 is 0 Å². The minimum absolute atomic E-state index is 0.105. The van der Waals surface area contributed by atoms with E-state index in [1.807, 2.05) is 44.2 Å². The molecule has 2 amide bonds. The van der Waals surface area contributed by atoms with Crippen molar-refractivity contribution in [2.75, 3.05) is 25.5 Å². The summed E-state index contributed by atoms with van der Waals surface area (Å²) in [5, 5.41) is 2.85. The van der Waals surface area contributed by atoms with E-state index < -0.39 is 10.0 Å². The van der Waals surface area contributed by atoms with Gasteiger partial charge in [0.2, 0.25) is 10.0 Å². The first kappa shape index (κ1) is 20.3. The molecule has 0 saturated carbocycles. The fourth-order valence-corrected chi connectivity index (χ4v) is 3.94. The van der Waals surface area contributed by atoms with Crippen molar-refractivity contribution in [2.24, 2.45) is 0 Å². The predicted octanol–water partition coefficient (Wildman–Crippen LogP) is 2.90. The highest BCUT2D eigenvalue weighted by Crippen LogP contribution is 2.26. The molecule has 0 bridgehead atoms. The Morgan fingerprint density at radius 2 is 1.86 bits per heavy atom. The zero-order chi connectivity index (χ0) is 20.3. The Morgan fingerprint density at radius 1 is 1.14 bits per heavy atom. The van der Waals surface area contributed by atoms with Crippen molar-refractivity contribution in [3.63, 3.8) is 0 Å². The number of nitrogens with one attached hydrogen (secondary N) is 2. The van der Waals surface area contributed by atoms with Crippen LogP contribution in [0.25, 0.3) is 0 Å². The zero-order valence-corrected chi connectivity index (χ0v) is 17.0. The van der Waals surface area contributed by atoms with Crippen LogP contribution in [0.5, 0.6) is 0 Å². The van der Waals surface area contributed by atoms with Crippen LogP contribution in [0.2, 0.25) is 0 Å². The lowest BCUT2D eigenvalue weighted by atomic mass is 10.1. The molecular weight excluding hydrogens is 378 g/mol. The molecule has 0 radical (unpaired) electrons. The van der Waals surface area contributed by atoms with Crippen molar-refractivity contribution < 1.29 is 17.9 Å².